The molecule has 0 fully saturated rings. The SMILES string of the molecule is Nc1cc(Br)cc2nc(-c3ccc(Br)c(Cl)c3)oc12. The normalized spacial score (nSPS) is 11.1. The van der Waals surface area contributed by atoms with Crippen LogP contribution in [0.1, 0.15) is 0 Å². The molecule has 0 aliphatic rings. The van der Waals surface area contributed by atoms with Gasteiger partial charge in [0.2, 0.25) is 5.89 Å². The van der Waals surface area contributed by atoms with Gasteiger partial charge in [0, 0.05) is 14.5 Å². The van der Waals surface area contributed by atoms with Crippen LogP contribution in [0.2, 0.25) is 5.02 Å². The summed E-state index contributed by atoms with van der Waals surface area (Å²) in [5.74, 6) is 0.495. The van der Waals surface area contributed by atoms with Crippen molar-refractivity contribution in [3.63, 3.8) is 0 Å². The van der Waals surface area contributed by atoms with Gasteiger partial charge in [0.1, 0.15) is 5.52 Å². The Kier molecular flexibility index (Phi) is 3.28. The monoisotopic (exact) mass is 400 g/mol. The molecule has 2 N–H and O–H groups in total. The van der Waals surface area contributed by atoms with Crippen LogP contribution in [0.15, 0.2) is 43.7 Å². The van der Waals surface area contributed by atoms with E-state index >= 15 is 0 Å². The number of anilines is 1. The molecule has 0 saturated carbocycles. The van der Waals surface area contributed by atoms with E-state index in [2.05, 4.69) is 36.8 Å². The van der Waals surface area contributed by atoms with Crippen LogP contribution in [0.25, 0.3) is 22.6 Å². The van der Waals surface area contributed by atoms with Crippen molar-refractivity contribution in [1.29, 1.82) is 0 Å². The van der Waals surface area contributed by atoms with Gasteiger partial charge in [0.05, 0.1) is 10.7 Å². The molecule has 0 aliphatic carbocycles. The van der Waals surface area contributed by atoms with Crippen molar-refractivity contribution < 1.29 is 4.42 Å². The summed E-state index contributed by atoms with van der Waals surface area (Å²) in [6, 6.07) is 9.17. The summed E-state index contributed by atoms with van der Waals surface area (Å²) in [5.41, 5.74) is 8.55. The first-order chi connectivity index (χ1) is 9.04. The summed E-state index contributed by atoms with van der Waals surface area (Å²) in [7, 11) is 0. The van der Waals surface area contributed by atoms with E-state index < -0.39 is 0 Å². The fourth-order valence-corrected chi connectivity index (χ4v) is 2.67. The maximum atomic E-state index is 6.07. The van der Waals surface area contributed by atoms with Crippen LogP contribution in [0, 0.1) is 0 Å². The first-order valence-corrected chi connectivity index (χ1v) is 7.32. The van der Waals surface area contributed by atoms with E-state index in [9.17, 15) is 0 Å². The van der Waals surface area contributed by atoms with Gasteiger partial charge in [-0.3, -0.25) is 0 Å². The van der Waals surface area contributed by atoms with Gasteiger partial charge in [-0.1, -0.05) is 27.5 Å². The Morgan fingerprint density at radius 1 is 1.16 bits per heavy atom. The average molecular weight is 402 g/mol. The van der Waals surface area contributed by atoms with Crippen LogP contribution in [0.4, 0.5) is 5.69 Å². The zero-order valence-electron chi connectivity index (χ0n) is 9.45. The van der Waals surface area contributed by atoms with Crippen molar-refractivity contribution in [3.8, 4) is 11.5 Å². The molecule has 1 heterocycles. The smallest absolute Gasteiger partial charge is 0.227 e. The topological polar surface area (TPSA) is 52.0 Å². The summed E-state index contributed by atoms with van der Waals surface area (Å²) in [4.78, 5) is 4.42. The number of nitrogens with two attached hydrogens (primary N) is 1. The second kappa shape index (κ2) is 4.81. The molecule has 0 aliphatic heterocycles. The van der Waals surface area contributed by atoms with Gasteiger partial charge in [0.25, 0.3) is 0 Å². The highest BCUT2D eigenvalue weighted by molar-refractivity contribution is 9.10. The Morgan fingerprint density at radius 2 is 1.95 bits per heavy atom. The molecule has 96 valence electrons. The van der Waals surface area contributed by atoms with Gasteiger partial charge < -0.3 is 10.2 Å². The number of rotatable bonds is 1. The highest BCUT2D eigenvalue weighted by Crippen LogP contribution is 2.33. The third-order valence-corrected chi connectivity index (χ3v) is 4.34. The number of benzene rings is 2. The molecular formula is C13H7Br2ClN2O. The van der Waals surface area contributed by atoms with Gasteiger partial charge in [-0.2, -0.15) is 0 Å². The molecular weight excluding hydrogens is 395 g/mol. The number of oxazole rings is 1. The van der Waals surface area contributed by atoms with Crippen molar-refractivity contribution >= 4 is 60.2 Å². The van der Waals surface area contributed by atoms with Crippen LogP contribution in [0.3, 0.4) is 0 Å². The zero-order chi connectivity index (χ0) is 13.6. The molecule has 6 heteroatoms. The molecule has 0 bridgehead atoms. The molecule has 2 aromatic carbocycles. The summed E-state index contributed by atoms with van der Waals surface area (Å²) in [5, 5.41) is 0.605. The number of fused-ring (bicyclic) bond motifs is 1. The lowest BCUT2D eigenvalue weighted by atomic mass is 10.2. The lowest BCUT2D eigenvalue weighted by Gasteiger charge is -1.98. The lowest BCUT2D eigenvalue weighted by molar-refractivity contribution is 0.621. The van der Waals surface area contributed by atoms with Crippen LogP contribution in [-0.4, -0.2) is 4.98 Å². The number of hydrogen-bond acceptors (Lipinski definition) is 3. The minimum Gasteiger partial charge on any atom is -0.434 e. The van der Waals surface area contributed by atoms with Gasteiger partial charge >= 0.3 is 0 Å². The van der Waals surface area contributed by atoms with Crippen molar-refractivity contribution in [2.24, 2.45) is 0 Å². The highest BCUT2D eigenvalue weighted by Gasteiger charge is 2.12. The van der Waals surface area contributed by atoms with E-state index in [-0.39, 0.29) is 0 Å². The standard InChI is InChI=1S/C13H7Br2ClN2O/c14-7-4-10(17)12-11(5-7)18-13(19-12)6-1-2-8(15)9(16)3-6/h1-5H,17H2. The minimum absolute atomic E-state index is 0.495. The minimum atomic E-state index is 0.495. The molecule has 0 unspecified atom stereocenters. The Bertz CT molecular complexity index is 786. The van der Waals surface area contributed by atoms with Crippen LogP contribution in [0.5, 0.6) is 0 Å². The van der Waals surface area contributed by atoms with Crippen molar-refractivity contribution in [1.82, 2.24) is 4.98 Å². The molecule has 0 amide bonds. The van der Waals surface area contributed by atoms with E-state index in [1.165, 1.54) is 0 Å². The third-order valence-electron chi connectivity index (χ3n) is 2.65. The Balaban J connectivity index is 2.20. The van der Waals surface area contributed by atoms with Crippen molar-refractivity contribution in [3.05, 3.63) is 44.3 Å². The summed E-state index contributed by atoms with van der Waals surface area (Å²) in [6.07, 6.45) is 0. The highest BCUT2D eigenvalue weighted by atomic mass is 79.9. The number of hydrogen-bond donors (Lipinski definition) is 1. The molecule has 0 spiro atoms. The Hall–Kier alpha value is -1.04. The number of nitrogen functional groups attached to an aromatic ring is 1. The van der Waals surface area contributed by atoms with E-state index in [0.717, 1.165) is 14.5 Å². The third kappa shape index (κ3) is 2.38. The molecule has 0 atom stereocenters. The summed E-state index contributed by atoms with van der Waals surface area (Å²) in [6.45, 7) is 0. The number of aromatic nitrogens is 1. The first-order valence-electron chi connectivity index (χ1n) is 5.35. The number of nitrogens with zero attached hydrogens (tertiary/aromatic N) is 1. The van der Waals surface area contributed by atoms with Gasteiger partial charge in [0.15, 0.2) is 5.58 Å². The molecule has 19 heavy (non-hydrogen) atoms. The fraction of sp³-hybridized carbons (Fsp3) is 0. The summed E-state index contributed by atoms with van der Waals surface area (Å²) < 4.78 is 7.40. The molecule has 0 radical (unpaired) electrons. The largest absolute Gasteiger partial charge is 0.434 e. The van der Waals surface area contributed by atoms with Crippen LogP contribution < -0.4 is 5.73 Å². The van der Waals surface area contributed by atoms with Crippen molar-refractivity contribution in [2.75, 3.05) is 5.73 Å². The van der Waals surface area contributed by atoms with Crippen molar-refractivity contribution in [2.45, 2.75) is 0 Å². The molecule has 3 aromatic rings. The average Bonchev–Trinajstić information content (AvgIpc) is 2.76. The predicted octanol–water partition coefficient (Wildman–Crippen LogP) is 5.26. The van der Waals surface area contributed by atoms with Gasteiger partial charge in [-0.25, -0.2) is 4.98 Å². The van der Waals surface area contributed by atoms with E-state index in [4.69, 9.17) is 21.8 Å². The molecule has 0 saturated heterocycles. The van der Waals surface area contributed by atoms with E-state index in [1.54, 1.807) is 12.1 Å². The van der Waals surface area contributed by atoms with E-state index in [1.807, 2.05) is 18.2 Å². The van der Waals surface area contributed by atoms with E-state index in [0.29, 0.717) is 27.7 Å². The predicted molar refractivity (Wildman–Crippen MR) is 84.3 cm³/mol. The van der Waals surface area contributed by atoms with Gasteiger partial charge in [-0.15, -0.1) is 0 Å². The lowest BCUT2D eigenvalue weighted by Crippen LogP contribution is -1.84. The molecule has 1 aromatic heterocycles. The second-order valence-corrected chi connectivity index (χ2v) is 6.17. The Labute approximate surface area is 131 Å². The maximum absolute atomic E-state index is 6.07. The summed E-state index contributed by atoms with van der Waals surface area (Å²) >= 11 is 12.8. The maximum Gasteiger partial charge on any atom is 0.227 e. The zero-order valence-corrected chi connectivity index (χ0v) is 13.4. The second-order valence-electron chi connectivity index (χ2n) is 3.99. The number of halogens is 3. The van der Waals surface area contributed by atoms with Crippen LogP contribution in [-0.2, 0) is 0 Å². The Morgan fingerprint density at radius 3 is 2.68 bits per heavy atom. The quantitative estimate of drug-likeness (QED) is 0.565. The van der Waals surface area contributed by atoms with Gasteiger partial charge in [-0.05, 0) is 46.3 Å². The molecule has 3 nitrogen and oxygen atoms in total. The first kappa shape index (κ1) is 13.0. The fourth-order valence-electron chi connectivity index (χ4n) is 1.78. The molecule has 3 rings (SSSR count). The van der Waals surface area contributed by atoms with Crippen LogP contribution >= 0.6 is 43.5 Å².